The molecule has 10 nitrogen and oxygen atoms in total. The van der Waals surface area contributed by atoms with E-state index in [9.17, 15) is 15.0 Å². The summed E-state index contributed by atoms with van der Waals surface area (Å²) in [6, 6.07) is 7.74. The maximum Gasteiger partial charge on any atom is 0.277 e. The van der Waals surface area contributed by atoms with Crippen LogP contribution >= 0.6 is 0 Å². The molecule has 4 aromatic rings. The Bertz CT molecular complexity index is 1300. The van der Waals surface area contributed by atoms with Crippen LogP contribution in [0.4, 0.5) is 0 Å². The van der Waals surface area contributed by atoms with Crippen molar-refractivity contribution in [1.29, 1.82) is 0 Å². The highest BCUT2D eigenvalue weighted by molar-refractivity contribution is 5.83. The van der Waals surface area contributed by atoms with E-state index in [1.165, 1.54) is 0 Å². The average Bonchev–Trinajstić information content (AvgIpc) is 3.47. The number of aliphatic hydroxyl groups excluding tert-OH is 2. The number of benzene rings is 1. The lowest BCUT2D eigenvalue weighted by atomic mass is 10.1. The lowest BCUT2D eigenvalue weighted by Gasteiger charge is -2.29. The number of piperidine rings is 1. The number of hydrogen-bond donors (Lipinski definition) is 2. The number of aliphatic hydroxyl groups is 2. The fourth-order valence-electron chi connectivity index (χ4n) is 4.25. The van der Waals surface area contributed by atoms with Crippen LogP contribution in [0.2, 0.25) is 0 Å². The molecule has 0 bridgehead atoms. The molecule has 10 heteroatoms. The summed E-state index contributed by atoms with van der Waals surface area (Å²) in [6.07, 6.45) is 2.90. The molecule has 0 aliphatic carbocycles. The van der Waals surface area contributed by atoms with E-state index in [0.717, 1.165) is 43.5 Å². The largest absolute Gasteiger partial charge is 0.396 e. The zero-order chi connectivity index (χ0) is 22.2. The van der Waals surface area contributed by atoms with Gasteiger partial charge in [0.05, 0.1) is 29.7 Å². The summed E-state index contributed by atoms with van der Waals surface area (Å²) in [5, 5.41) is 23.1. The van der Waals surface area contributed by atoms with Crippen LogP contribution in [0.1, 0.15) is 31.6 Å². The molecule has 1 aliphatic rings. The fourth-order valence-corrected chi connectivity index (χ4v) is 4.25. The highest BCUT2D eigenvalue weighted by Gasteiger charge is 2.23. The van der Waals surface area contributed by atoms with Crippen LogP contribution in [0.25, 0.3) is 28.1 Å². The Hall–Kier alpha value is -3.08. The Morgan fingerprint density at radius 2 is 1.94 bits per heavy atom. The molecule has 1 saturated heterocycles. The molecule has 0 radical (unpaired) electrons. The lowest BCUT2D eigenvalue weighted by molar-refractivity contribution is 0.0810. The van der Waals surface area contributed by atoms with Crippen molar-refractivity contribution < 1.29 is 14.7 Å². The predicted molar refractivity (Wildman–Crippen MR) is 117 cm³/mol. The van der Waals surface area contributed by atoms with Gasteiger partial charge in [0.15, 0.2) is 0 Å². The van der Waals surface area contributed by atoms with Gasteiger partial charge in [0.1, 0.15) is 17.5 Å². The standard InChI is InChI=1S/C22H26N6O4/c1-14(12-29)21-24-20(25-32-21)18-19-22(31)27(11-10-26-8-6-15(30)7-9-26)16-4-2-3-5-17(16)28(19)13-23-18/h2-5,13-15,29-30H,6-12H2,1H3. The predicted octanol–water partition coefficient (Wildman–Crippen LogP) is 1.25. The molecule has 0 saturated carbocycles. The van der Waals surface area contributed by atoms with E-state index in [-0.39, 0.29) is 30.0 Å². The van der Waals surface area contributed by atoms with E-state index >= 15 is 0 Å². The summed E-state index contributed by atoms with van der Waals surface area (Å²) in [7, 11) is 0. The van der Waals surface area contributed by atoms with Crippen molar-refractivity contribution in [3.8, 4) is 11.5 Å². The highest BCUT2D eigenvalue weighted by Crippen LogP contribution is 2.24. The Balaban J connectivity index is 1.58. The second-order valence-electron chi connectivity index (χ2n) is 8.37. The number of aromatic nitrogens is 5. The molecule has 5 rings (SSSR count). The van der Waals surface area contributed by atoms with Crippen molar-refractivity contribution >= 4 is 16.6 Å². The third kappa shape index (κ3) is 3.60. The molecule has 1 unspecified atom stereocenters. The van der Waals surface area contributed by atoms with Crippen molar-refractivity contribution in [3.05, 3.63) is 46.8 Å². The van der Waals surface area contributed by atoms with Gasteiger partial charge in [-0.2, -0.15) is 4.98 Å². The molecule has 1 aliphatic heterocycles. The van der Waals surface area contributed by atoms with Gasteiger partial charge in [-0.1, -0.05) is 24.2 Å². The van der Waals surface area contributed by atoms with Crippen molar-refractivity contribution in [2.75, 3.05) is 26.2 Å². The van der Waals surface area contributed by atoms with E-state index in [0.29, 0.717) is 23.6 Å². The van der Waals surface area contributed by atoms with Gasteiger partial charge >= 0.3 is 0 Å². The number of hydrogen-bond acceptors (Lipinski definition) is 8. The van der Waals surface area contributed by atoms with Crippen molar-refractivity contribution in [1.82, 2.24) is 29.0 Å². The second kappa shape index (κ2) is 8.45. The number of fused-ring (bicyclic) bond motifs is 3. The summed E-state index contributed by atoms with van der Waals surface area (Å²) in [6.45, 7) is 4.55. The molecular formula is C22H26N6O4. The van der Waals surface area contributed by atoms with Crippen LogP contribution in [-0.4, -0.2) is 71.6 Å². The van der Waals surface area contributed by atoms with Gasteiger partial charge in [-0.15, -0.1) is 0 Å². The normalized spacial score (nSPS) is 16.8. The van der Waals surface area contributed by atoms with E-state index in [1.807, 2.05) is 24.3 Å². The molecule has 168 valence electrons. The molecule has 1 fully saturated rings. The fraction of sp³-hybridized carbons (Fsp3) is 0.455. The topological polar surface area (TPSA) is 122 Å². The minimum atomic E-state index is -0.300. The van der Waals surface area contributed by atoms with Crippen LogP contribution in [-0.2, 0) is 6.54 Å². The van der Waals surface area contributed by atoms with Crippen LogP contribution in [0.15, 0.2) is 39.9 Å². The maximum atomic E-state index is 13.6. The van der Waals surface area contributed by atoms with Gasteiger partial charge in [-0.3, -0.25) is 9.20 Å². The molecule has 4 heterocycles. The quantitative estimate of drug-likeness (QED) is 0.461. The van der Waals surface area contributed by atoms with Crippen molar-refractivity contribution in [3.63, 3.8) is 0 Å². The van der Waals surface area contributed by atoms with Crippen molar-refractivity contribution in [2.24, 2.45) is 0 Å². The minimum absolute atomic E-state index is 0.115. The van der Waals surface area contributed by atoms with Gasteiger partial charge in [0.25, 0.3) is 5.56 Å². The first-order chi connectivity index (χ1) is 15.6. The van der Waals surface area contributed by atoms with Gasteiger partial charge in [-0.05, 0) is 25.0 Å². The first kappa shape index (κ1) is 20.8. The van der Waals surface area contributed by atoms with E-state index in [1.54, 1.807) is 22.2 Å². The highest BCUT2D eigenvalue weighted by atomic mass is 16.5. The Labute approximate surface area is 183 Å². The first-order valence-electron chi connectivity index (χ1n) is 10.9. The Morgan fingerprint density at radius 1 is 1.19 bits per heavy atom. The summed E-state index contributed by atoms with van der Waals surface area (Å²) < 4.78 is 8.82. The molecule has 1 atom stereocenters. The number of nitrogens with zero attached hydrogens (tertiary/aromatic N) is 6. The van der Waals surface area contributed by atoms with Crippen LogP contribution in [0.5, 0.6) is 0 Å². The SMILES string of the molecule is CC(CO)c1nc(-c2ncn3c2c(=O)n(CCN2CCC(O)CC2)c2ccccc23)no1. The monoisotopic (exact) mass is 438 g/mol. The maximum absolute atomic E-state index is 13.6. The third-order valence-electron chi connectivity index (χ3n) is 6.19. The molecule has 3 aromatic heterocycles. The second-order valence-corrected chi connectivity index (χ2v) is 8.37. The van der Waals surface area contributed by atoms with E-state index in [2.05, 4.69) is 20.0 Å². The van der Waals surface area contributed by atoms with Crippen LogP contribution in [0, 0.1) is 0 Å². The van der Waals surface area contributed by atoms with Gasteiger partial charge in [-0.25, -0.2) is 4.98 Å². The summed E-state index contributed by atoms with van der Waals surface area (Å²) >= 11 is 0. The van der Waals surface area contributed by atoms with Gasteiger partial charge in [0, 0.05) is 26.2 Å². The summed E-state index contributed by atoms with van der Waals surface area (Å²) in [4.78, 5) is 24.7. The number of rotatable bonds is 6. The summed E-state index contributed by atoms with van der Waals surface area (Å²) in [5.74, 6) is 0.231. The molecule has 2 N–H and O–H groups in total. The minimum Gasteiger partial charge on any atom is -0.396 e. The Morgan fingerprint density at radius 3 is 2.69 bits per heavy atom. The van der Waals surface area contributed by atoms with Crippen LogP contribution in [0.3, 0.4) is 0 Å². The van der Waals surface area contributed by atoms with Gasteiger partial charge < -0.3 is 24.2 Å². The average molecular weight is 438 g/mol. The zero-order valence-corrected chi connectivity index (χ0v) is 17.9. The molecular weight excluding hydrogens is 412 g/mol. The van der Waals surface area contributed by atoms with Crippen molar-refractivity contribution in [2.45, 2.75) is 38.3 Å². The number of para-hydroxylation sites is 2. The molecule has 0 amide bonds. The van der Waals surface area contributed by atoms with Crippen LogP contribution < -0.4 is 5.56 Å². The smallest absolute Gasteiger partial charge is 0.277 e. The van der Waals surface area contributed by atoms with E-state index in [4.69, 9.17) is 4.52 Å². The van der Waals surface area contributed by atoms with E-state index < -0.39 is 0 Å². The Kier molecular flexibility index (Phi) is 5.50. The molecule has 32 heavy (non-hydrogen) atoms. The molecule has 0 spiro atoms. The lowest BCUT2D eigenvalue weighted by Crippen LogP contribution is -2.39. The summed E-state index contributed by atoms with van der Waals surface area (Å²) in [5.41, 5.74) is 2.27. The molecule has 1 aromatic carbocycles. The number of imidazole rings is 1. The zero-order valence-electron chi connectivity index (χ0n) is 17.9. The third-order valence-corrected chi connectivity index (χ3v) is 6.19. The number of likely N-dealkylation sites (tertiary alicyclic amines) is 1. The van der Waals surface area contributed by atoms with Gasteiger partial charge in [0.2, 0.25) is 11.7 Å². The first-order valence-corrected chi connectivity index (χ1v) is 10.9.